The molecule has 0 aromatic heterocycles. The molecule has 0 aliphatic rings. The molecule has 0 unspecified atom stereocenters. The first-order valence-corrected chi connectivity index (χ1v) is 7.18. The van der Waals surface area contributed by atoms with Crippen molar-refractivity contribution in [2.75, 3.05) is 19.6 Å². The van der Waals surface area contributed by atoms with E-state index in [4.69, 9.17) is 5.73 Å². The molecular formula is C12H17N3O3S. The summed E-state index contributed by atoms with van der Waals surface area (Å²) in [6.45, 7) is 4.31. The summed E-state index contributed by atoms with van der Waals surface area (Å²) in [7, 11) is -3.55. The zero-order chi connectivity index (χ0) is 14.3. The first-order valence-electron chi connectivity index (χ1n) is 5.70. The van der Waals surface area contributed by atoms with Gasteiger partial charge in [-0.05, 0) is 24.3 Å². The van der Waals surface area contributed by atoms with Crippen molar-refractivity contribution in [1.29, 1.82) is 0 Å². The van der Waals surface area contributed by atoms with Crippen LogP contribution in [0.3, 0.4) is 0 Å². The van der Waals surface area contributed by atoms with Crippen molar-refractivity contribution in [2.24, 2.45) is 5.73 Å². The molecule has 0 aliphatic heterocycles. The van der Waals surface area contributed by atoms with Gasteiger partial charge >= 0.3 is 0 Å². The molecule has 7 heteroatoms. The Morgan fingerprint density at radius 2 is 1.95 bits per heavy atom. The zero-order valence-corrected chi connectivity index (χ0v) is 11.2. The van der Waals surface area contributed by atoms with Crippen LogP contribution in [-0.2, 0) is 10.0 Å². The molecule has 1 aromatic rings. The van der Waals surface area contributed by atoms with Gasteiger partial charge in [-0.1, -0.05) is 6.08 Å². The average molecular weight is 283 g/mol. The van der Waals surface area contributed by atoms with Gasteiger partial charge in [0, 0.05) is 25.2 Å². The van der Waals surface area contributed by atoms with E-state index in [0.29, 0.717) is 18.7 Å². The minimum atomic E-state index is -3.55. The van der Waals surface area contributed by atoms with Crippen LogP contribution in [0.15, 0.2) is 41.8 Å². The highest BCUT2D eigenvalue weighted by atomic mass is 32.2. The molecule has 1 rings (SSSR count). The maximum Gasteiger partial charge on any atom is 0.251 e. The van der Waals surface area contributed by atoms with Crippen molar-refractivity contribution in [3.63, 3.8) is 0 Å². The van der Waals surface area contributed by atoms with Crippen LogP contribution in [0.1, 0.15) is 10.4 Å². The van der Waals surface area contributed by atoms with E-state index in [2.05, 4.69) is 16.6 Å². The van der Waals surface area contributed by atoms with Crippen molar-refractivity contribution >= 4 is 15.9 Å². The van der Waals surface area contributed by atoms with Crippen LogP contribution in [0.2, 0.25) is 0 Å². The molecule has 0 bridgehead atoms. The summed E-state index contributed by atoms with van der Waals surface area (Å²) < 4.78 is 25.9. The molecule has 0 saturated carbocycles. The Morgan fingerprint density at radius 3 is 2.47 bits per heavy atom. The largest absolute Gasteiger partial charge is 0.351 e. The first-order chi connectivity index (χ1) is 9.01. The van der Waals surface area contributed by atoms with Crippen LogP contribution >= 0.6 is 0 Å². The molecule has 6 nitrogen and oxygen atoms in total. The number of rotatable bonds is 7. The second-order valence-corrected chi connectivity index (χ2v) is 5.48. The summed E-state index contributed by atoms with van der Waals surface area (Å²) >= 11 is 0. The Morgan fingerprint density at radius 1 is 1.32 bits per heavy atom. The predicted octanol–water partition coefficient (Wildman–Crippen LogP) is -0.161. The molecule has 1 aromatic carbocycles. The van der Waals surface area contributed by atoms with Crippen molar-refractivity contribution in [3.05, 3.63) is 42.5 Å². The van der Waals surface area contributed by atoms with Crippen molar-refractivity contribution in [3.8, 4) is 0 Å². The predicted molar refractivity (Wildman–Crippen MR) is 73.2 cm³/mol. The van der Waals surface area contributed by atoms with E-state index < -0.39 is 10.0 Å². The summed E-state index contributed by atoms with van der Waals surface area (Å²) in [4.78, 5) is 11.7. The molecular weight excluding hydrogens is 266 g/mol. The quantitative estimate of drug-likeness (QED) is 0.605. The third-order valence-corrected chi connectivity index (χ3v) is 3.71. The number of hydrogen-bond donors (Lipinski definition) is 3. The number of carbonyl (C=O) groups excluding carboxylic acids is 1. The Labute approximate surface area is 112 Å². The third-order valence-electron chi connectivity index (χ3n) is 2.27. The van der Waals surface area contributed by atoms with Gasteiger partial charge in [0.2, 0.25) is 10.0 Å². The molecule has 0 fully saturated rings. The molecule has 0 spiro atoms. The fourth-order valence-electron chi connectivity index (χ4n) is 1.33. The third kappa shape index (κ3) is 4.47. The maximum atomic E-state index is 11.8. The van der Waals surface area contributed by atoms with Crippen LogP contribution in [0.25, 0.3) is 0 Å². The molecule has 104 valence electrons. The number of benzene rings is 1. The maximum absolute atomic E-state index is 11.8. The lowest BCUT2D eigenvalue weighted by Crippen LogP contribution is -2.29. The molecule has 0 atom stereocenters. The van der Waals surface area contributed by atoms with Gasteiger partial charge in [0.25, 0.3) is 5.91 Å². The highest BCUT2D eigenvalue weighted by Gasteiger charge is 2.13. The van der Waals surface area contributed by atoms with Crippen molar-refractivity contribution in [1.82, 2.24) is 10.0 Å². The molecule has 1 amide bonds. The standard InChI is InChI=1S/C12H17N3O3S/c1-2-8-15-19(17,18)11-5-3-10(4-6-11)12(16)14-9-7-13/h2-6,15H,1,7-9,13H2,(H,14,16). The molecule has 4 N–H and O–H groups in total. The highest BCUT2D eigenvalue weighted by molar-refractivity contribution is 7.89. The zero-order valence-electron chi connectivity index (χ0n) is 10.4. The van der Waals surface area contributed by atoms with Gasteiger partial charge in [0.1, 0.15) is 0 Å². The summed E-state index contributed by atoms with van der Waals surface area (Å²) in [6, 6.07) is 5.66. The molecule has 19 heavy (non-hydrogen) atoms. The van der Waals surface area contributed by atoms with E-state index in [0.717, 1.165) is 0 Å². The van der Waals surface area contributed by atoms with Crippen LogP contribution < -0.4 is 15.8 Å². The Hall–Kier alpha value is -1.70. The number of sulfonamides is 1. The van der Waals surface area contributed by atoms with Gasteiger partial charge in [0.15, 0.2) is 0 Å². The Balaban J connectivity index is 2.81. The number of nitrogens with two attached hydrogens (primary N) is 1. The second kappa shape index (κ2) is 7.03. The fourth-order valence-corrected chi connectivity index (χ4v) is 2.32. The summed E-state index contributed by atoms with van der Waals surface area (Å²) in [6.07, 6.45) is 1.45. The normalized spacial score (nSPS) is 11.0. The minimum Gasteiger partial charge on any atom is -0.351 e. The van der Waals surface area contributed by atoms with Crippen LogP contribution in [0.5, 0.6) is 0 Å². The lowest BCUT2D eigenvalue weighted by molar-refractivity contribution is 0.0954. The Kier molecular flexibility index (Phi) is 5.68. The van der Waals surface area contributed by atoms with Gasteiger partial charge in [-0.2, -0.15) is 0 Å². The van der Waals surface area contributed by atoms with E-state index in [-0.39, 0.29) is 17.3 Å². The number of hydrogen-bond acceptors (Lipinski definition) is 4. The van der Waals surface area contributed by atoms with E-state index in [1.165, 1.54) is 30.3 Å². The number of amides is 1. The van der Waals surface area contributed by atoms with Crippen LogP contribution in [0, 0.1) is 0 Å². The lowest BCUT2D eigenvalue weighted by Gasteiger charge is -2.06. The average Bonchev–Trinajstić information content (AvgIpc) is 2.42. The van der Waals surface area contributed by atoms with Gasteiger partial charge in [-0.3, -0.25) is 4.79 Å². The smallest absolute Gasteiger partial charge is 0.251 e. The fraction of sp³-hybridized carbons (Fsp3) is 0.250. The van der Waals surface area contributed by atoms with E-state index in [9.17, 15) is 13.2 Å². The van der Waals surface area contributed by atoms with Gasteiger partial charge in [0.05, 0.1) is 4.90 Å². The molecule has 0 aliphatic carbocycles. The van der Waals surface area contributed by atoms with Crippen LogP contribution in [0.4, 0.5) is 0 Å². The number of nitrogens with one attached hydrogen (secondary N) is 2. The summed E-state index contributed by atoms with van der Waals surface area (Å²) in [5.41, 5.74) is 5.66. The monoisotopic (exact) mass is 283 g/mol. The van der Waals surface area contributed by atoms with E-state index in [1.54, 1.807) is 0 Å². The number of carbonyl (C=O) groups is 1. The highest BCUT2D eigenvalue weighted by Crippen LogP contribution is 2.10. The first kappa shape index (κ1) is 15.4. The van der Waals surface area contributed by atoms with Gasteiger partial charge in [-0.15, -0.1) is 6.58 Å². The lowest BCUT2D eigenvalue weighted by atomic mass is 10.2. The van der Waals surface area contributed by atoms with Crippen LogP contribution in [-0.4, -0.2) is 34.0 Å². The SMILES string of the molecule is C=CCNS(=O)(=O)c1ccc(C(=O)NCCN)cc1. The van der Waals surface area contributed by atoms with Gasteiger partial charge < -0.3 is 11.1 Å². The van der Waals surface area contributed by atoms with E-state index >= 15 is 0 Å². The van der Waals surface area contributed by atoms with Crippen molar-refractivity contribution < 1.29 is 13.2 Å². The molecule has 0 heterocycles. The van der Waals surface area contributed by atoms with Gasteiger partial charge in [-0.25, -0.2) is 13.1 Å². The van der Waals surface area contributed by atoms with E-state index in [1.807, 2.05) is 0 Å². The summed E-state index contributed by atoms with van der Waals surface area (Å²) in [5.74, 6) is -0.284. The molecule has 0 radical (unpaired) electrons. The minimum absolute atomic E-state index is 0.102. The Bertz CT molecular complexity index is 538. The second-order valence-electron chi connectivity index (χ2n) is 3.71. The van der Waals surface area contributed by atoms with Crippen molar-refractivity contribution in [2.45, 2.75) is 4.90 Å². The summed E-state index contributed by atoms with van der Waals surface area (Å²) in [5, 5.41) is 2.60. The molecule has 0 saturated heterocycles. The topological polar surface area (TPSA) is 101 Å².